The number of hydrogen-bond acceptors (Lipinski definition) is 6. The number of hydrogen-bond donors (Lipinski definition) is 3. The van der Waals surface area contributed by atoms with Crippen LogP contribution in [0.4, 0.5) is 8.78 Å². The standard InChI is InChI=1S/C21H23ClF2N4O5/c1-33-11-25-5-2-6-27-7-8-28-10-13(18(29)19(30)17(28)21(27)32)20(31)26-9-12-3-4-14(23)15(22)16(12)24/h3-4,10,25,30H,2,5-9,11H2,1H3,(H,26,31). The number of methoxy groups -OCH3 is 1. The number of pyridine rings is 1. The molecule has 12 heteroatoms. The van der Waals surface area contributed by atoms with Crippen LogP contribution in [0.3, 0.4) is 0 Å². The van der Waals surface area contributed by atoms with E-state index < -0.39 is 45.2 Å². The SMILES string of the molecule is COCNCCCN1CCn2cc(C(=O)NCc3ccc(F)c(Cl)c3F)c(=O)c(O)c2C1=O. The maximum atomic E-state index is 14.0. The van der Waals surface area contributed by atoms with E-state index in [2.05, 4.69) is 10.6 Å². The van der Waals surface area contributed by atoms with Crippen molar-refractivity contribution in [2.75, 3.05) is 33.5 Å². The van der Waals surface area contributed by atoms with Gasteiger partial charge in [0.15, 0.2) is 11.4 Å². The maximum Gasteiger partial charge on any atom is 0.274 e. The fourth-order valence-electron chi connectivity index (χ4n) is 3.45. The Labute approximate surface area is 192 Å². The summed E-state index contributed by atoms with van der Waals surface area (Å²) in [6.45, 7) is 1.66. The van der Waals surface area contributed by atoms with Gasteiger partial charge in [0.1, 0.15) is 22.2 Å². The summed E-state index contributed by atoms with van der Waals surface area (Å²) in [4.78, 5) is 39.4. The van der Waals surface area contributed by atoms with Gasteiger partial charge in [-0.05, 0) is 19.0 Å². The molecule has 1 aliphatic heterocycles. The number of halogens is 3. The van der Waals surface area contributed by atoms with Crippen molar-refractivity contribution in [3.05, 3.63) is 62.0 Å². The van der Waals surface area contributed by atoms with Gasteiger partial charge in [0, 0.05) is 45.0 Å². The Morgan fingerprint density at radius 1 is 1.27 bits per heavy atom. The number of nitrogens with one attached hydrogen (secondary N) is 2. The second-order valence-electron chi connectivity index (χ2n) is 7.36. The number of carbonyl (C=O) groups is 2. The van der Waals surface area contributed by atoms with E-state index in [1.165, 1.54) is 15.7 Å². The van der Waals surface area contributed by atoms with Crippen LogP contribution in [-0.4, -0.2) is 59.9 Å². The monoisotopic (exact) mass is 484 g/mol. The highest BCUT2D eigenvalue weighted by Crippen LogP contribution is 2.23. The zero-order valence-corrected chi connectivity index (χ0v) is 18.5. The third-order valence-electron chi connectivity index (χ3n) is 5.18. The second kappa shape index (κ2) is 10.7. The number of benzene rings is 1. The van der Waals surface area contributed by atoms with Crippen LogP contribution in [0.25, 0.3) is 0 Å². The molecule has 3 rings (SSSR count). The van der Waals surface area contributed by atoms with Crippen LogP contribution in [0.2, 0.25) is 5.02 Å². The molecular formula is C21H23ClF2N4O5. The molecule has 33 heavy (non-hydrogen) atoms. The Kier molecular flexibility index (Phi) is 8.01. The number of aromatic nitrogens is 1. The number of nitrogens with zero attached hydrogens (tertiary/aromatic N) is 2. The molecule has 2 amide bonds. The van der Waals surface area contributed by atoms with E-state index in [4.69, 9.17) is 16.3 Å². The van der Waals surface area contributed by atoms with Gasteiger partial charge in [-0.2, -0.15) is 0 Å². The van der Waals surface area contributed by atoms with Crippen molar-refractivity contribution >= 4 is 23.4 Å². The number of ether oxygens (including phenoxy) is 1. The first-order valence-corrected chi connectivity index (χ1v) is 10.5. The lowest BCUT2D eigenvalue weighted by Gasteiger charge is -2.30. The quantitative estimate of drug-likeness (QED) is 0.282. The minimum atomic E-state index is -1.02. The van der Waals surface area contributed by atoms with Gasteiger partial charge in [0.25, 0.3) is 11.8 Å². The molecule has 0 radical (unpaired) electrons. The Balaban J connectivity index is 1.73. The smallest absolute Gasteiger partial charge is 0.274 e. The zero-order valence-electron chi connectivity index (χ0n) is 17.8. The van der Waals surface area contributed by atoms with Gasteiger partial charge >= 0.3 is 0 Å². The van der Waals surface area contributed by atoms with E-state index in [9.17, 15) is 28.3 Å². The predicted octanol–water partition coefficient (Wildman–Crippen LogP) is 1.45. The lowest BCUT2D eigenvalue weighted by Crippen LogP contribution is -2.43. The van der Waals surface area contributed by atoms with E-state index in [0.717, 1.165) is 12.1 Å². The minimum Gasteiger partial charge on any atom is -0.503 e. The maximum absolute atomic E-state index is 14.0. The first-order chi connectivity index (χ1) is 15.8. The molecule has 178 valence electrons. The summed E-state index contributed by atoms with van der Waals surface area (Å²) in [5.41, 5.74) is -1.70. The molecule has 0 spiro atoms. The van der Waals surface area contributed by atoms with E-state index in [-0.39, 0.29) is 24.3 Å². The lowest BCUT2D eigenvalue weighted by atomic mass is 10.1. The molecule has 2 aromatic rings. The van der Waals surface area contributed by atoms with Crippen LogP contribution in [-0.2, 0) is 17.8 Å². The minimum absolute atomic E-state index is 0.0807. The van der Waals surface area contributed by atoms with Gasteiger partial charge in [0.2, 0.25) is 5.43 Å². The second-order valence-corrected chi connectivity index (χ2v) is 7.74. The highest BCUT2D eigenvalue weighted by Gasteiger charge is 2.30. The summed E-state index contributed by atoms with van der Waals surface area (Å²) in [6.07, 6.45) is 1.83. The number of fused-ring (bicyclic) bond motifs is 1. The first kappa shape index (κ1) is 24.6. The van der Waals surface area contributed by atoms with Crippen molar-refractivity contribution in [3.63, 3.8) is 0 Å². The molecule has 0 bridgehead atoms. The molecule has 2 heterocycles. The van der Waals surface area contributed by atoms with Crippen molar-refractivity contribution in [3.8, 4) is 5.75 Å². The molecule has 0 atom stereocenters. The molecule has 1 aliphatic rings. The molecule has 9 nitrogen and oxygen atoms in total. The van der Waals surface area contributed by atoms with E-state index in [0.29, 0.717) is 32.8 Å². The summed E-state index contributed by atoms with van der Waals surface area (Å²) in [5, 5.41) is 15.1. The average Bonchev–Trinajstić information content (AvgIpc) is 2.80. The third-order valence-corrected chi connectivity index (χ3v) is 5.53. The highest BCUT2D eigenvalue weighted by atomic mass is 35.5. The molecule has 1 aromatic carbocycles. The highest BCUT2D eigenvalue weighted by molar-refractivity contribution is 6.30. The lowest BCUT2D eigenvalue weighted by molar-refractivity contribution is 0.0691. The van der Waals surface area contributed by atoms with Crippen LogP contribution in [0, 0.1) is 11.6 Å². The van der Waals surface area contributed by atoms with Crippen LogP contribution >= 0.6 is 11.6 Å². The van der Waals surface area contributed by atoms with Crippen LogP contribution in [0.15, 0.2) is 23.1 Å². The number of carbonyl (C=O) groups excluding carboxylic acids is 2. The Morgan fingerprint density at radius 3 is 2.76 bits per heavy atom. The van der Waals surface area contributed by atoms with Crippen molar-refractivity contribution in [2.24, 2.45) is 0 Å². The topological polar surface area (TPSA) is 113 Å². The molecule has 0 saturated carbocycles. The molecule has 0 unspecified atom stereocenters. The van der Waals surface area contributed by atoms with E-state index in [1.807, 2.05) is 0 Å². The van der Waals surface area contributed by atoms with Gasteiger partial charge in [-0.25, -0.2) is 8.78 Å². The molecular weight excluding hydrogens is 462 g/mol. The summed E-state index contributed by atoms with van der Waals surface area (Å²) in [7, 11) is 1.56. The summed E-state index contributed by atoms with van der Waals surface area (Å²) >= 11 is 5.53. The molecule has 0 saturated heterocycles. The number of amides is 2. The zero-order chi connectivity index (χ0) is 24.1. The number of aromatic hydroxyl groups is 1. The molecule has 0 aliphatic carbocycles. The van der Waals surface area contributed by atoms with Gasteiger partial charge < -0.3 is 24.6 Å². The Bertz CT molecular complexity index is 1120. The fourth-order valence-corrected chi connectivity index (χ4v) is 3.63. The van der Waals surface area contributed by atoms with Crippen molar-refractivity contribution < 1.29 is 28.2 Å². The van der Waals surface area contributed by atoms with E-state index >= 15 is 0 Å². The van der Waals surface area contributed by atoms with Crippen molar-refractivity contribution in [1.29, 1.82) is 0 Å². The van der Waals surface area contributed by atoms with Crippen LogP contribution in [0.5, 0.6) is 5.75 Å². The number of rotatable bonds is 9. The average molecular weight is 485 g/mol. The largest absolute Gasteiger partial charge is 0.503 e. The first-order valence-electron chi connectivity index (χ1n) is 10.1. The summed E-state index contributed by atoms with van der Waals surface area (Å²) in [5.74, 6) is -4.19. The molecule has 0 fully saturated rings. The van der Waals surface area contributed by atoms with Crippen LogP contribution < -0.4 is 16.1 Å². The van der Waals surface area contributed by atoms with E-state index in [1.54, 1.807) is 7.11 Å². The Hall–Kier alpha value is -3.02. The third kappa shape index (κ3) is 5.32. The van der Waals surface area contributed by atoms with Gasteiger partial charge in [-0.15, -0.1) is 0 Å². The predicted molar refractivity (Wildman–Crippen MR) is 115 cm³/mol. The normalized spacial score (nSPS) is 13.2. The van der Waals surface area contributed by atoms with Gasteiger partial charge in [-0.3, -0.25) is 19.7 Å². The Morgan fingerprint density at radius 2 is 2.03 bits per heavy atom. The summed E-state index contributed by atoms with van der Waals surface area (Å²) < 4.78 is 33.6. The van der Waals surface area contributed by atoms with Crippen molar-refractivity contribution in [1.82, 2.24) is 20.1 Å². The molecule has 3 N–H and O–H groups in total. The fraction of sp³-hybridized carbons (Fsp3) is 0.381. The van der Waals surface area contributed by atoms with Gasteiger partial charge in [-0.1, -0.05) is 17.7 Å². The molecule has 1 aromatic heterocycles. The van der Waals surface area contributed by atoms with Crippen molar-refractivity contribution in [2.45, 2.75) is 19.5 Å². The summed E-state index contributed by atoms with van der Waals surface area (Å²) in [6, 6.07) is 2.07. The van der Waals surface area contributed by atoms with Gasteiger partial charge in [0.05, 0.1) is 6.73 Å². The van der Waals surface area contributed by atoms with Crippen LogP contribution in [0.1, 0.15) is 32.8 Å².